The number of alkyl halides is 3. The van der Waals surface area contributed by atoms with Gasteiger partial charge in [-0.25, -0.2) is 4.79 Å². The highest BCUT2D eigenvalue weighted by atomic mass is 32.2. The Bertz CT molecular complexity index is 931. The molecule has 0 radical (unpaired) electrons. The van der Waals surface area contributed by atoms with Gasteiger partial charge in [-0.15, -0.1) is 13.2 Å². The van der Waals surface area contributed by atoms with Gasteiger partial charge in [0, 0.05) is 6.42 Å². The molecule has 0 aromatic heterocycles. The Hall–Kier alpha value is -2.05. The van der Waals surface area contributed by atoms with E-state index < -0.39 is 46.2 Å². The van der Waals surface area contributed by atoms with Gasteiger partial charge in [0.05, 0.1) is 17.8 Å². The monoisotopic (exact) mass is 468 g/mol. The molecule has 0 aliphatic carbocycles. The van der Waals surface area contributed by atoms with Crippen LogP contribution in [0.2, 0.25) is 0 Å². The molecule has 1 N–H and O–H groups in total. The fourth-order valence-corrected chi connectivity index (χ4v) is 4.28. The van der Waals surface area contributed by atoms with Crippen LogP contribution in [0.3, 0.4) is 0 Å². The third kappa shape index (κ3) is 5.60. The molecule has 2 aliphatic heterocycles. The molecule has 174 valence electrons. The summed E-state index contributed by atoms with van der Waals surface area (Å²) in [6.07, 6.45) is -3.30. The van der Waals surface area contributed by atoms with Crippen LogP contribution in [-0.4, -0.2) is 55.5 Å². The molecule has 0 spiro atoms. The van der Waals surface area contributed by atoms with Crippen molar-refractivity contribution in [3.8, 4) is 11.5 Å². The maximum absolute atomic E-state index is 12.9. The SMILES string of the molecule is CC(C)C1(Oc2cc(C(=O)OCCS(=O)(=O)O)ccc2OC(F)(F)F)CC2CCC1O2. The number of carbonyl (C=O) groups excluding carboxylic acids is 1. The maximum Gasteiger partial charge on any atom is 0.573 e. The first kappa shape index (κ1) is 23.6. The van der Waals surface area contributed by atoms with Crippen molar-refractivity contribution in [1.29, 1.82) is 0 Å². The lowest BCUT2D eigenvalue weighted by atomic mass is 9.77. The third-order valence-electron chi connectivity index (χ3n) is 5.46. The Labute approximate surface area is 177 Å². The van der Waals surface area contributed by atoms with Crippen molar-refractivity contribution in [2.24, 2.45) is 5.92 Å². The first-order valence-corrected chi connectivity index (χ1v) is 11.3. The van der Waals surface area contributed by atoms with Gasteiger partial charge < -0.3 is 18.9 Å². The molecule has 2 heterocycles. The van der Waals surface area contributed by atoms with Gasteiger partial charge in [0.25, 0.3) is 10.1 Å². The van der Waals surface area contributed by atoms with Gasteiger partial charge in [-0.3, -0.25) is 4.55 Å². The molecule has 0 amide bonds. The van der Waals surface area contributed by atoms with Gasteiger partial charge in [-0.2, -0.15) is 8.42 Å². The van der Waals surface area contributed by atoms with Crippen LogP contribution in [0.25, 0.3) is 0 Å². The Morgan fingerprint density at radius 2 is 2.00 bits per heavy atom. The lowest BCUT2D eigenvalue weighted by Gasteiger charge is -2.39. The zero-order valence-electron chi connectivity index (χ0n) is 16.8. The van der Waals surface area contributed by atoms with Crippen LogP contribution in [0.1, 0.15) is 43.5 Å². The standard InChI is InChI=1S/C19H23F3O8S/c1-11(2)18(10-13-4-6-16(18)28-13)29-15-9-12(3-5-14(15)30-19(20,21)22)17(23)27-7-8-31(24,25)26/h3,5,9,11,13,16H,4,6-8,10H2,1-2H3,(H,24,25,26). The van der Waals surface area contributed by atoms with Gasteiger partial charge in [-0.05, 0) is 37.0 Å². The van der Waals surface area contributed by atoms with Gasteiger partial charge >= 0.3 is 12.3 Å². The minimum Gasteiger partial charge on any atom is -0.480 e. The summed E-state index contributed by atoms with van der Waals surface area (Å²) in [5, 5.41) is 0. The van der Waals surface area contributed by atoms with E-state index in [0.717, 1.165) is 24.6 Å². The second kappa shape index (κ2) is 8.47. The van der Waals surface area contributed by atoms with Crippen LogP contribution in [-0.2, 0) is 19.6 Å². The largest absolute Gasteiger partial charge is 0.573 e. The molecule has 1 aromatic carbocycles. The average Bonchev–Trinajstić information content (AvgIpc) is 3.22. The summed E-state index contributed by atoms with van der Waals surface area (Å²) < 4.78 is 89.7. The van der Waals surface area contributed by atoms with Gasteiger partial charge in [0.2, 0.25) is 0 Å². The summed E-state index contributed by atoms with van der Waals surface area (Å²) in [6, 6.07) is 3.04. The van der Waals surface area contributed by atoms with Gasteiger partial charge in [-0.1, -0.05) is 13.8 Å². The minimum absolute atomic E-state index is 0.0482. The summed E-state index contributed by atoms with van der Waals surface area (Å²) in [6.45, 7) is 3.13. The summed E-state index contributed by atoms with van der Waals surface area (Å²) in [7, 11) is -4.34. The van der Waals surface area contributed by atoms with Crippen LogP contribution in [0.5, 0.6) is 11.5 Å². The van der Waals surface area contributed by atoms with Crippen molar-refractivity contribution in [2.45, 2.75) is 57.3 Å². The predicted molar refractivity (Wildman–Crippen MR) is 101 cm³/mol. The summed E-state index contributed by atoms with van der Waals surface area (Å²) in [5.74, 6) is -2.83. The number of rotatable bonds is 8. The molecular weight excluding hydrogens is 445 g/mol. The smallest absolute Gasteiger partial charge is 0.480 e. The number of hydrogen-bond acceptors (Lipinski definition) is 7. The fraction of sp³-hybridized carbons (Fsp3) is 0.632. The van der Waals surface area contributed by atoms with E-state index >= 15 is 0 Å². The zero-order valence-corrected chi connectivity index (χ0v) is 17.7. The van der Waals surface area contributed by atoms with Crippen LogP contribution in [0, 0.1) is 5.92 Å². The van der Waals surface area contributed by atoms with E-state index in [-0.39, 0.29) is 29.4 Å². The molecule has 2 fully saturated rings. The number of carbonyl (C=O) groups is 1. The summed E-state index contributed by atoms with van der Waals surface area (Å²) in [4.78, 5) is 12.2. The highest BCUT2D eigenvalue weighted by Crippen LogP contribution is 2.49. The highest BCUT2D eigenvalue weighted by molar-refractivity contribution is 7.85. The van der Waals surface area contributed by atoms with E-state index in [2.05, 4.69) is 4.74 Å². The molecule has 3 unspecified atom stereocenters. The number of hydrogen-bond donors (Lipinski definition) is 1. The normalized spacial score (nSPS) is 25.6. The molecule has 2 bridgehead atoms. The molecule has 2 saturated heterocycles. The molecule has 2 aliphatic rings. The molecule has 8 nitrogen and oxygen atoms in total. The van der Waals surface area contributed by atoms with E-state index in [1.54, 1.807) is 0 Å². The maximum atomic E-state index is 12.9. The molecule has 0 saturated carbocycles. The highest BCUT2D eigenvalue weighted by Gasteiger charge is 2.56. The van der Waals surface area contributed by atoms with Crippen LogP contribution in [0.15, 0.2) is 18.2 Å². The number of ether oxygens (including phenoxy) is 4. The number of esters is 1. The van der Waals surface area contributed by atoms with Gasteiger partial charge in [0.15, 0.2) is 11.5 Å². The number of benzene rings is 1. The lowest BCUT2D eigenvalue weighted by Crippen LogP contribution is -2.50. The van der Waals surface area contributed by atoms with E-state index in [9.17, 15) is 26.4 Å². The van der Waals surface area contributed by atoms with E-state index in [0.29, 0.717) is 12.8 Å². The summed E-state index contributed by atoms with van der Waals surface area (Å²) >= 11 is 0. The quantitative estimate of drug-likeness (QED) is 0.457. The van der Waals surface area contributed by atoms with Crippen molar-refractivity contribution in [1.82, 2.24) is 0 Å². The van der Waals surface area contributed by atoms with Crippen molar-refractivity contribution >= 4 is 16.1 Å². The first-order chi connectivity index (χ1) is 14.3. The Balaban J connectivity index is 1.88. The molecule has 12 heteroatoms. The lowest BCUT2D eigenvalue weighted by molar-refractivity contribution is -0.275. The number of fused-ring (bicyclic) bond motifs is 2. The van der Waals surface area contributed by atoms with Crippen molar-refractivity contribution in [3.63, 3.8) is 0 Å². The second-order valence-electron chi connectivity index (χ2n) is 7.87. The van der Waals surface area contributed by atoms with Crippen LogP contribution >= 0.6 is 0 Å². The molecular formula is C19H23F3O8S. The first-order valence-electron chi connectivity index (χ1n) is 9.65. The van der Waals surface area contributed by atoms with Crippen LogP contribution in [0.4, 0.5) is 13.2 Å². The topological polar surface area (TPSA) is 108 Å². The third-order valence-corrected chi connectivity index (χ3v) is 6.14. The zero-order chi connectivity index (χ0) is 23.0. The minimum atomic E-state index is -4.98. The molecule has 1 aromatic rings. The van der Waals surface area contributed by atoms with Crippen LogP contribution < -0.4 is 9.47 Å². The summed E-state index contributed by atoms with van der Waals surface area (Å²) in [5.41, 5.74) is -1.05. The van der Waals surface area contributed by atoms with E-state index in [4.69, 9.17) is 18.8 Å². The predicted octanol–water partition coefficient (Wildman–Crippen LogP) is 3.35. The molecule has 3 atom stereocenters. The second-order valence-corrected chi connectivity index (χ2v) is 9.44. The Morgan fingerprint density at radius 1 is 1.29 bits per heavy atom. The van der Waals surface area contributed by atoms with E-state index in [1.165, 1.54) is 0 Å². The number of halogens is 3. The molecule has 3 rings (SSSR count). The average molecular weight is 468 g/mol. The fourth-order valence-electron chi connectivity index (χ4n) is 3.99. The Kier molecular flexibility index (Phi) is 6.45. The molecule has 31 heavy (non-hydrogen) atoms. The van der Waals surface area contributed by atoms with Crippen molar-refractivity contribution in [3.05, 3.63) is 23.8 Å². The van der Waals surface area contributed by atoms with Crippen molar-refractivity contribution in [2.75, 3.05) is 12.4 Å². The van der Waals surface area contributed by atoms with E-state index in [1.807, 2.05) is 13.8 Å². The van der Waals surface area contributed by atoms with Crippen molar-refractivity contribution < 1.29 is 49.9 Å². The van der Waals surface area contributed by atoms with Gasteiger partial charge in [0.1, 0.15) is 18.0 Å². The Morgan fingerprint density at radius 3 is 2.52 bits per heavy atom.